The van der Waals surface area contributed by atoms with Crippen molar-refractivity contribution in [2.75, 3.05) is 11.8 Å². The van der Waals surface area contributed by atoms with Gasteiger partial charge in [-0.2, -0.15) is 0 Å². The molecule has 0 saturated heterocycles. The van der Waals surface area contributed by atoms with E-state index in [9.17, 15) is 8.42 Å². The molecule has 20 heavy (non-hydrogen) atoms. The van der Waals surface area contributed by atoms with Crippen molar-refractivity contribution >= 4 is 15.7 Å². The lowest BCUT2D eigenvalue weighted by Gasteiger charge is -2.11. The van der Waals surface area contributed by atoms with Crippen molar-refractivity contribution in [1.29, 1.82) is 0 Å². The van der Waals surface area contributed by atoms with Crippen molar-refractivity contribution in [3.63, 3.8) is 0 Å². The summed E-state index contributed by atoms with van der Waals surface area (Å²) in [5, 5.41) is 3.04. The van der Waals surface area contributed by atoms with Crippen molar-refractivity contribution in [2.45, 2.75) is 18.4 Å². The summed E-state index contributed by atoms with van der Waals surface area (Å²) in [7, 11) is -1.69. The molecule has 0 radical (unpaired) electrons. The molecule has 0 unspecified atom stereocenters. The second kappa shape index (κ2) is 6.07. The fourth-order valence-corrected chi connectivity index (χ4v) is 3.31. The summed E-state index contributed by atoms with van der Waals surface area (Å²) in [4.78, 5) is 0.305. The lowest BCUT2D eigenvalue weighted by molar-refractivity contribution is 0.600. The maximum atomic E-state index is 12.4. The zero-order valence-corrected chi connectivity index (χ0v) is 12.4. The van der Waals surface area contributed by atoms with Gasteiger partial charge in [-0.05, 0) is 43.3 Å². The Morgan fingerprint density at radius 3 is 2.50 bits per heavy atom. The van der Waals surface area contributed by atoms with Gasteiger partial charge in [0.1, 0.15) is 0 Å². The highest BCUT2D eigenvalue weighted by Crippen LogP contribution is 2.19. The molecule has 5 heteroatoms. The van der Waals surface area contributed by atoms with Crippen molar-refractivity contribution in [1.82, 2.24) is 5.32 Å². The molecule has 0 aliphatic rings. The maximum Gasteiger partial charge on any atom is 0.262 e. The topological polar surface area (TPSA) is 58.2 Å². The number of rotatable bonds is 5. The Balaban J connectivity index is 2.29. The van der Waals surface area contributed by atoms with Crippen LogP contribution in [0.15, 0.2) is 53.4 Å². The fraction of sp³-hybridized carbons (Fsp3) is 0.200. The van der Waals surface area contributed by atoms with Gasteiger partial charge in [-0.1, -0.05) is 30.3 Å². The Labute approximate surface area is 119 Å². The Bertz CT molecular complexity index is 697. The van der Waals surface area contributed by atoms with E-state index in [4.69, 9.17) is 0 Å². The van der Waals surface area contributed by atoms with E-state index in [0.29, 0.717) is 17.1 Å². The van der Waals surface area contributed by atoms with Crippen LogP contribution in [0.1, 0.15) is 11.1 Å². The molecule has 2 aromatic rings. The first-order valence-corrected chi connectivity index (χ1v) is 7.83. The van der Waals surface area contributed by atoms with Gasteiger partial charge in [0.15, 0.2) is 0 Å². The molecular formula is C15H18N2O2S. The normalized spacial score (nSPS) is 11.3. The highest BCUT2D eigenvalue weighted by atomic mass is 32.2. The minimum atomic E-state index is -3.55. The lowest BCUT2D eigenvalue weighted by Crippen LogP contribution is -2.14. The Morgan fingerprint density at radius 2 is 1.80 bits per heavy atom. The van der Waals surface area contributed by atoms with Crippen LogP contribution in [0, 0.1) is 6.92 Å². The highest BCUT2D eigenvalue weighted by Gasteiger charge is 2.16. The predicted molar refractivity (Wildman–Crippen MR) is 81.2 cm³/mol. The summed E-state index contributed by atoms with van der Waals surface area (Å²) in [6, 6.07) is 14.3. The molecule has 0 fully saturated rings. The molecular weight excluding hydrogens is 272 g/mol. The zero-order valence-electron chi connectivity index (χ0n) is 11.6. The van der Waals surface area contributed by atoms with Crippen LogP contribution in [0.5, 0.6) is 0 Å². The van der Waals surface area contributed by atoms with Crippen molar-refractivity contribution in [3.8, 4) is 0 Å². The Kier molecular flexibility index (Phi) is 4.42. The van der Waals surface area contributed by atoms with E-state index in [1.807, 2.05) is 31.3 Å². The monoisotopic (exact) mass is 290 g/mol. The molecule has 0 amide bonds. The first-order valence-electron chi connectivity index (χ1n) is 6.35. The number of aryl methyl sites for hydroxylation is 1. The molecule has 0 aliphatic heterocycles. The van der Waals surface area contributed by atoms with E-state index in [1.165, 1.54) is 0 Å². The van der Waals surface area contributed by atoms with Crippen LogP contribution in [-0.4, -0.2) is 15.5 Å². The van der Waals surface area contributed by atoms with E-state index < -0.39 is 10.0 Å². The molecule has 4 nitrogen and oxygen atoms in total. The summed E-state index contributed by atoms with van der Waals surface area (Å²) in [5.74, 6) is 0. The molecule has 2 N–H and O–H groups in total. The molecule has 0 aromatic heterocycles. The summed E-state index contributed by atoms with van der Waals surface area (Å²) >= 11 is 0. The molecule has 0 saturated carbocycles. The number of nitrogens with one attached hydrogen (secondary N) is 2. The van der Waals surface area contributed by atoms with Gasteiger partial charge < -0.3 is 5.32 Å². The van der Waals surface area contributed by atoms with Crippen LogP contribution >= 0.6 is 0 Å². The van der Waals surface area contributed by atoms with Gasteiger partial charge in [0.05, 0.1) is 4.90 Å². The van der Waals surface area contributed by atoms with Gasteiger partial charge in [-0.25, -0.2) is 8.42 Å². The summed E-state index contributed by atoms with van der Waals surface area (Å²) in [5.41, 5.74) is 2.32. The van der Waals surface area contributed by atoms with Gasteiger partial charge >= 0.3 is 0 Å². The molecule has 106 valence electrons. The lowest BCUT2D eigenvalue weighted by atomic mass is 10.2. The minimum absolute atomic E-state index is 0.305. The first kappa shape index (κ1) is 14.6. The maximum absolute atomic E-state index is 12.4. The van der Waals surface area contributed by atoms with E-state index in [-0.39, 0.29) is 0 Å². The van der Waals surface area contributed by atoms with Gasteiger partial charge in [-0.15, -0.1) is 0 Å². The largest absolute Gasteiger partial charge is 0.316 e. The van der Waals surface area contributed by atoms with Gasteiger partial charge in [0, 0.05) is 12.2 Å². The van der Waals surface area contributed by atoms with Gasteiger partial charge in [0.2, 0.25) is 0 Å². The van der Waals surface area contributed by atoms with E-state index in [1.54, 1.807) is 31.2 Å². The molecule has 0 heterocycles. The van der Waals surface area contributed by atoms with Crippen LogP contribution in [0.4, 0.5) is 5.69 Å². The Hall–Kier alpha value is -1.85. The van der Waals surface area contributed by atoms with E-state index >= 15 is 0 Å². The van der Waals surface area contributed by atoms with E-state index in [0.717, 1.165) is 11.1 Å². The standard InChI is InChI=1S/C15H18N2O2S/c1-12-6-3-4-9-15(12)20(18,19)17-14-8-5-7-13(10-14)11-16-2/h3-10,16-17H,11H2,1-2H3. The fourth-order valence-electron chi connectivity index (χ4n) is 2.02. The second-order valence-electron chi connectivity index (χ2n) is 4.60. The third kappa shape index (κ3) is 3.37. The Morgan fingerprint density at radius 1 is 1.05 bits per heavy atom. The highest BCUT2D eigenvalue weighted by molar-refractivity contribution is 7.92. The third-order valence-corrected chi connectivity index (χ3v) is 4.48. The SMILES string of the molecule is CNCc1cccc(NS(=O)(=O)c2ccccc2C)c1. The van der Waals surface area contributed by atoms with Crippen LogP contribution in [-0.2, 0) is 16.6 Å². The van der Waals surface area contributed by atoms with Crippen LogP contribution in [0.3, 0.4) is 0 Å². The number of anilines is 1. The quantitative estimate of drug-likeness (QED) is 0.889. The van der Waals surface area contributed by atoms with Crippen molar-refractivity contribution in [3.05, 3.63) is 59.7 Å². The number of sulfonamides is 1. The number of benzene rings is 2. The molecule has 0 aliphatic carbocycles. The molecule has 0 atom stereocenters. The number of hydrogen-bond acceptors (Lipinski definition) is 3. The van der Waals surface area contributed by atoms with Crippen LogP contribution in [0.25, 0.3) is 0 Å². The summed E-state index contributed by atoms with van der Waals surface area (Å²) in [6.45, 7) is 2.48. The molecule has 2 aromatic carbocycles. The smallest absolute Gasteiger partial charge is 0.262 e. The first-order chi connectivity index (χ1) is 9.53. The predicted octanol–water partition coefficient (Wildman–Crippen LogP) is 2.52. The summed E-state index contributed by atoms with van der Waals surface area (Å²) < 4.78 is 27.3. The minimum Gasteiger partial charge on any atom is -0.316 e. The zero-order chi connectivity index (χ0) is 14.6. The second-order valence-corrected chi connectivity index (χ2v) is 6.25. The van der Waals surface area contributed by atoms with E-state index in [2.05, 4.69) is 10.0 Å². The van der Waals surface area contributed by atoms with Crippen molar-refractivity contribution in [2.24, 2.45) is 0 Å². The van der Waals surface area contributed by atoms with Crippen molar-refractivity contribution < 1.29 is 8.42 Å². The van der Waals surface area contributed by atoms with Gasteiger partial charge in [-0.3, -0.25) is 4.72 Å². The number of hydrogen-bond donors (Lipinski definition) is 2. The molecule has 0 spiro atoms. The summed E-state index contributed by atoms with van der Waals surface area (Å²) in [6.07, 6.45) is 0. The molecule has 0 bridgehead atoms. The third-order valence-electron chi connectivity index (χ3n) is 2.94. The average Bonchev–Trinajstić information content (AvgIpc) is 2.39. The van der Waals surface area contributed by atoms with Crippen LogP contribution in [0.2, 0.25) is 0 Å². The average molecular weight is 290 g/mol. The van der Waals surface area contributed by atoms with Gasteiger partial charge in [0.25, 0.3) is 10.0 Å². The van der Waals surface area contributed by atoms with Crippen LogP contribution < -0.4 is 10.0 Å². The molecule has 2 rings (SSSR count).